The lowest BCUT2D eigenvalue weighted by atomic mass is 9.89. The Morgan fingerprint density at radius 1 is 1.00 bits per heavy atom. The minimum Gasteiger partial charge on any atom is -0.488 e. The summed E-state index contributed by atoms with van der Waals surface area (Å²) in [6.45, 7) is 2.23. The van der Waals surface area contributed by atoms with Gasteiger partial charge in [-0.15, -0.1) is 0 Å². The Bertz CT molecular complexity index is 612. The number of rotatable bonds is 2. The highest BCUT2D eigenvalue weighted by atomic mass is 16.5. The second-order valence-corrected chi connectivity index (χ2v) is 4.73. The summed E-state index contributed by atoms with van der Waals surface area (Å²) in [5.41, 5.74) is 4.20. The van der Waals surface area contributed by atoms with Crippen LogP contribution >= 0.6 is 0 Å². The average molecular weight is 252 g/mol. The van der Waals surface area contributed by atoms with Gasteiger partial charge >= 0.3 is 0 Å². The Kier molecular flexibility index (Phi) is 3.10. The molecule has 3 rings (SSSR count). The zero-order valence-corrected chi connectivity index (χ0v) is 10.8. The van der Waals surface area contributed by atoms with Crippen LogP contribution in [0.4, 0.5) is 0 Å². The lowest BCUT2D eigenvalue weighted by Gasteiger charge is -2.26. The maximum atomic E-state index is 10.00. The number of aliphatic hydroxyl groups is 1. The first-order valence-corrected chi connectivity index (χ1v) is 6.46. The van der Waals surface area contributed by atoms with E-state index < -0.39 is 6.10 Å². The standard InChI is InChI=1S/C17H16O2/c1-12(18)15-11-19-16-10-6-5-9-14(16)17(15)13-7-3-2-4-8-13/h2-10,12,18H,11H2,1H3. The maximum Gasteiger partial charge on any atom is 0.127 e. The maximum absolute atomic E-state index is 10.00. The summed E-state index contributed by atoms with van der Waals surface area (Å²) in [7, 11) is 0. The highest BCUT2D eigenvalue weighted by molar-refractivity contribution is 5.86. The van der Waals surface area contributed by atoms with Crippen molar-refractivity contribution in [3.63, 3.8) is 0 Å². The lowest BCUT2D eigenvalue weighted by Crippen LogP contribution is -2.20. The van der Waals surface area contributed by atoms with Gasteiger partial charge in [0.05, 0.1) is 6.10 Å². The van der Waals surface area contributed by atoms with Crippen molar-refractivity contribution in [2.24, 2.45) is 0 Å². The van der Waals surface area contributed by atoms with E-state index in [1.807, 2.05) is 42.5 Å². The highest BCUT2D eigenvalue weighted by Gasteiger charge is 2.23. The molecule has 1 aliphatic rings. The second-order valence-electron chi connectivity index (χ2n) is 4.73. The van der Waals surface area contributed by atoms with Gasteiger partial charge in [0, 0.05) is 11.1 Å². The van der Waals surface area contributed by atoms with E-state index in [1.54, 1.807) is 6.92 Å². The molecule has 0 amide bonds. The van der Waals surface area contributed by atoms with Crippen molar-refractivity contribution >= 4 is 5.57 Å². The van der Waals surface area contributed by atoms with Crippen LogP contribution in [0, 0.1) is 0 Å². The van der Waals surface area contributed by atoms with Crippen molar-refractivity contribution in [3.8, 4) is 5.75 Å². The molecule has 1 N–H and O–H groups in total. The number of para-hydroxylation sites is 1. The third kappa shape index (κ3) is 2.15. The minimum absolute atomic E-state index is 0.443. The van der Waals surface area contributed by atoms with Gasteiger partial charge in [0.15, 0.2) is 0 Å². The molecule has 0 bridgehead atoms. The quantitative estimate of drug-likeness (QED) is 0.889. The Balaban J connectivity index is 2.24. The first kappa shape index (κ1) is 12.0. The van der Waals surface area contributed by atoms with E-state index >= 15 is 0 Å². The van der Waals surface area contributed by atoms with Gasteiger partial charge in [-0.25, -0.2) is 0 Å². The molecule has 0 aromatic heterocycles. The predicted molar refractivity (Wildman–Crippen MR) is 76.1 cm³/mol. The molecule has 2 heteroatoms. The molecule has 2 aromatic rings. The van der Waals surface area contributed by atoms with Gasteiger partial charge in [-0.1, -0.05) is 48.5 Å². The molecule has 1 aliphatic heterocycles. The summed E-state index contributed by atoms with van der Waals surface area (Å²) in [6.07, 6.45) is -0.511. The van der Waals surface area contributed by atoms with Gasteiger partial charge in [0.25, 0.3) is 0 Å². The monoisotopic (exact) mass is 252 g/mol. The molecule has 1 atom stereocenters. The molecule has 1 unspecified atom stereocenters. The Hall–Kier alpha value is -2.06. The molecule has 96 valence electrons. The van der Waals surface area contributed by atoms with Gasteiger partial charge in [0.1, 0.15) is 12.4 Å². The third-order valence-electron chi connectivity index (χ3n) is 3.43. The van der Waals surface area contributed by atoms with E-state index in [9.17, 15) is 5.11 Å². The molecule has 0 saturated heterocycles. The fraction of sp³-hybridized carbons (Fsp3) is 0.176. The van der Waals surface area contributed by atoms with Crippen molar-refractivity contribution in [2.45, 2.75) is 13.0 Å². The Morgan fingerprint density at radius 2 is 1.68 bits per heavy atom. The summed E-state index contributed by atoms with van der Waals surface area (Å²) in [4.78, 5) is 0. The van der Waals surface area contributed by atoms with Crippen LogP contribution in [0.5, 0.6) is 5.75 Å². The molecule has 0 spiro atoms. The van der Waals surface area contributed by atoms with E-state index in [4.69, 9.17) is 4.74 Å². The highest BCUT2D eigenvalue weighted by Crippen LogP contribution is 2.37. The summed E-state index contributed by atoms with van der Waals surface area (Å²) >= 11 is 0. The summed E-state index contributed by atoms with van der Waals surface area (Å²) < 4.78 is 5.73. The van der Waals surface area contributed by atoms with E-state index in [2.05, 4.69) is 12.1 Å². The van der Waals surface area contributed by atoms with E-state index in [0.717, 1.165) is 28.0 Å². The SMILES string of the molecule is CC(O)C1=C(c2ccccc2)c2ccccc2OC1. The van der Waals surface area contributed by atoms with E-state index in [1.165, 1.54) is 0 Å². The Morgan fingerprint density at radius 3 is 2.42 bits per heavy atom. The minimum atomic E-state index is -0.511. The summed E-state index contributed by atoms with van der Waals surface area (Å²) in [5.74, 6) is 0.880. The number of hydrogen-bond donors (Lipinski definition) is 1. The smallest absolute Gasteiger partial charge is 0.127 e. The van der Waals surface area contributed by atoms with Crippen LogP contribution < -0.4 is 4.74 Å². The van der Waals surface area contributed by atoms with Gasteiger partial charge < -0.3 is 9.84 Å². The van der Waals surface area contributed by atoms with Crippen molar-refractivity contribution in [1.82, 2.24) is 0 Å². The van der Waals surface area contributed by atoms with Crippen LogP contribution in [0.1, 0.15) is 18.1 Å². The largest absolute Gasteiger partial charge is 0.488 e. The molecular formula is C17H16O2. The third-order valence-corrected chi connectivity index (χ3v) is 3.43. The van der Waals surface area contributed by atoms with Gasteiger partial charge in [0.2, 0.25) is 0 Å². The molecule has 19 heavy (non-hydrogen) atoms. The zero-order valence-electron chi connectivity index (χ0n) is 10.8. The van der Waals surface area contributed by atoms with Gasteiger partial charge in [-0.2, -0.15) is 0 Å². The number of ether oxygens (including phenoxy) is 1. The fourth-order valence-corrected chi connectivity index (χ4v) is 2.47. The van der Waals surface area contributed by atoms with Gasteiger partial charge in [-0.05, 0) is 24.1 Å². The van der Waals surface area contributed by atoms with Crippen LogP contribution in [0.15, 0.2) is 60.2 Å². The zero-order chi connectivity index (χ0) is 13.2. The second kappa shape index (κ2) is 4.90. The molecular weight excluding hydrogens is 236 g/mol. The predicted octanol–water partition coefficient (Wildman–Crippen LogP) is 3.26. The van der Waals surface area contributed by atoms with Crippen LogP contribution in [-0.4, -0.2) is 17.8 Å². The Labute approximate surface area is 113 Å². The number of benzene rings is 2. The van der Waals surface area contributed by atoms with Crippen LogP contribution in [-0.2, 0) is 0 Å². The topological polar surface area (TPSA) is 29.5 Å². The van der Waals surface area contributed by atoms with E-state index in [-0.39, 0.29) is 0 Å². The lowest BCUT2D eigenvalue weighted by molar-refractivity contribution is 0.208. The number of aliphatic hydroxyl groups excluding tert-OH is 1. The van der Waals surface area contributed by atoms with Crippen molar-refractivity contribution in [2.75, 3.05) is 6.61 Å². The van der Waals surface area contributed by atoms with Crippen LogP contribution in [0.2, 0.25) is 0 Å². The summed E-state index contributed by atoms with van der Waals surface area (Å²) in [5, 5.41) is 10.00. The van der Waals surface area contributed by atoms with Crippen LogP contribution in [0.3, 0.4) is 0 Å². The molecule has 0 aliphatic carbocycles. The van der Waals surface area contributed by atoms with Crippen LogP contribution in [0.25, 0.3) is 5.57 Å². The number of hydrogen-bond acceptors (Lipinski definition) is 2. The molecule has 2 nitrogen and oxygen atoms in total. The van der Waals surface area contributed by atoms with Gasteiger partial charge in [-0.3, -0.25) is 0 Å². The molecule has 0 fully saturated rings. The first-order chi connectivity index (χ1) is 9.27. The molecule has 1 heterocycles. The van der Waals surface area contributed by atoms with Crippen molar-refractivity contribution < 1.29 is 9.84 Å². The number of fused-ring (bicyclic) bond motifs is 1. The molecule has 2 aromatic carbocycles. The molecule has 0 radical (unpaired) electrons. The fourth-order valence-electron chi connectivity index (χ4n) is 2.47. The first-order valence-electron chi connectivity index (χ1n) is 6.46. The van der Waals surface area contributed by atoms with Crippen molar-refractivity contribution in [1.29, 1.82) is 0 Å². The summed E-state index contributed by atoms with van der Waals surface area (Å²) in [6, 6.07) is 18.1. The molecule has 0 saturated carbocycles. The van der Waals surface area contributed by atoms with E-state index in [0.29, 0.717) is 6.61 Å². The normalized spacial score (nSPS) is 15.7. The van der Waals surface area contributed by atoms with Crippen molar-refractivity contribution in [3.05, 3.63) is 71.3 Å². The average Bonchev–Trinajstić information content (AvgIpc) is 2.46.